The van der Waals surface area contributed by atoms with Crippen molar-refractivity contribution in [3.63, 3.8) is 0 Å². The van der Waals surface area contributed by atoms with Crippen LogP contribution >= 0.6 is 0 Å². The zero-order valence-electron chi connectivity index (χ0n) is 9.81. The Kier molecular flexibility index (Phi) is 3.13. The molecule has 2 rings (SSSR count). The third-order valence-electron chi connectivity index (χ3n) is 2.65. The Morgan fingerprint density at radius 1 is 0.850 bits per heavy atom. The van der Waals surface area contributed by atoms with E-state index in [0.717, 1.165) is 24.3 Å². The normalized spacial score (nSPS) is 12.7. The summed E-state index contributed by atoms with van der Waals surface area (Å²) in [6.45, 7) is 0. The molecule has 0 saturated carbocycles. The lowest BCUT2D eigenvalue weighted by molar-refractivity contribution is 0.481. The van der Waals surface area contributed by atoms with Crippen molar-refractivity contribution in [3.8, 4) is 0 Å². The van der Waals surface area contributed by atoms with E-state index in [1.54, 1.807) is 0 Å². The fraction of sp³-hybridized carbons (Fsp3) is 0. The summed E-state index contributed by atoms with van der Waals surface area (Å²) >= 11 is 0. The van der Waals surface area contributed by atoms with E-state index in [4.69, 9.17) is 16.0 Å². The van der Waals surface area contributed by atoms with Crippen LogP contribution in [0.15, 0.2) is 34.1 Å². The molecule has 2 aromatic rings. The standard InChI is InChI=1S/C10H10N2O6S2/c11-5-3-6-8(19(13,14)15)2-1-7(12)10(6)9(4-5)20(16,17)18/h1-4H,11-12H2,(H,13,14,15)(H,16,17,18). The molecule has 0 aromatic heterocycles. The summed E-state index contributed by atoms with van der Waals surface area (Å²) in [5.74, 6) is 0. The lowest BCUT2D eigenvalue weighted by atomic mass is 10.1. The Morgan fingerprint density at radius 3 is 1.90 bits per heavy atom. The minimum absolute atomic E-state index is 0.0833. The Morgan fingerprint density at radius 2 is 1.40 bits per heavy atom. The van der Waals surface area contributed by atoms with Gasteiger partial charge in [-0.25, -0.2) is 0 Å². The van der Waals surface area contributed by atoms with E-state index in [0.29, 0.717) is 0 Å². The van der Waals surface area contributed by atoms with Gasteiger partial charge in [-0.1, -0.05) is 0 Å². The van der Waals surface area contributed by atoms with Gasteiger partial charge in [0.05, 0.1) is 0 Å². The van der Waals surface area contributed by atoms with Gasteiger partial charge in [-0.2, -0.15) is 16.8 Å². The third-order valence-corrected chi connectivity index (χ3v) is 4.44. The first-order valence-corrected chi connectivity index (χ1v) is 7.96. The third kappa shape index (κ3) is 2.41. The second-order valence-corrected chi connectivity index (χ2v) is 6.82. The Balaban J connectivity index is 3.16. The Hall–Kier alpha value is -1.88. The van der Waals surface area contributed by atoms with Gasteiger partial charge in [0.2, 0.25) is 0 Å². The van der Waals surface area contributed by atoms with E-state index in [1.807, 2.05) is 0 Å². The molecule has 0 atom stereocenters. The second kappa shape index (κ2) is 4.31. The van der Waals surface area contributed by atoms with E-state index in [2.05, 4.69) is 0 Å². The van der Waals surface area contributed by atoms with E-state index in [9.17, 15) is 21.4 Å². The minimum atomic E-state index is -4.67. The molecule has 0 bridgehead atoms. The van der Waals surface area contributed by atoms with Crippen molar-refractivity contribution < 1.29 is 25.9 Å². The molecule has 0 fully saturated rings. The molecule has 108 valence electrons. The van der Waals surface area contributed by atoms with Crippen molar-refractivity contribution in [3.05, 3.63) is 24.3 Å². The molecule has 0 spiro atoms. The SMILES string of the molecule is Nc1cc(S(=O)(=O)O)c2c(N)ccc(S(=O)(=O)O)c2c1. The van der Waals surface area contributed by atoms with E-state index in [-0.39, 0.29) is 22.1 Å². The van der Waals surface area contributed by atoms with Crippen molar-refractivity contribution in [2.24, 2.45) is 0 Å². The van der Waals surface area contributed by atoms with Gasteiger partial charge in [0.25, 0.3) is 20.2 Å². The predicted molar refractivity (Wildman–Crippen MR) is 72.4 cm³/mol. The quantitative estimate of drug-likeness (QED) is 0.459. The van der Waals surface area contributed by atoms with Crippen molar-refractivity contribution in [2.75, 3.05) is 11.5 Å². The van der Waals surface area contributed by atoms with Crippen LogP contribution in [0.25, 0.3) is 10.8 Å². The lowest BCUT2D eigenvalue weighted by Gasteiger charge is -2.11. The van der Waals surface area contributed by atoms with E-state index in [1.165, 1.54) is 0 Å². The topological polar surface area (TPSA) is 161 Å². The lowest BCUT2D eigenvalue weighted by Crippen LogP contribution is -2.06. The van der Waals surface area contributed by atoms with E-state index < -0.39 is 30.0 Å². The van der Waals surface area contributed by atoms with Gasteiger partial charge < -0.3 is 11.5 Å². The smallest absolute Gasteiger partial charge is 0.295 e. The van der Waals surface area contributed by atoms with Crippen LogP contribution in [0.2, 0.25) is 0 Å². The van der Waals surface area contributed by atoms with Crippen LogP contribution in [0.4, 0.5) is 11.4 Å². The number of nitrogens with two attached hydrogens (primary N) is 2. The van der Waals surface area contributed by atoms with Crippen molar-refractivity contribution >= 4 is 42.4 Å². The molecule has 20 heavy (non-hydrogen) atoms. The summed E-state index contributed by atoms with van der Waals surface area (Å²) in [5.41, 5.74) is 10.9. The maximum atomic E-state index is 11.3. The molecule has 2 aromatic carbocycles. The second-order valence-electron chi connectivity index (χ2n) is 4.04. The van der Waals surface area contributed by atoms with Crippen molar-refractivity contribution in [1.29, 1.82) is 0 Å². The fourth-order valence-corrected chi connectivity index (χ4v) is 3.35. The van der Waals surface area contributed by atoms with Crippen molar-refractivity contribution in [1.82, 2.24) is 0 Å². The average Bonchev–Trinajstić information content (AvgIpc) is 2.24. The Bertz CT molecular complexity index is 918. The monoisotopic (exact) mass is 318 g/mol. The van der Waals surface area contributed by atoms with Crippen LogP contribution in [0.3, 0.4) is 0 Å². The molecular formula is C10H10N2O6S2. The molecule has 0 aliphatic heterocycles. The first-order chi connectivity index (χ1) is 9.01. The molecule has 10 heteroatoms. The maximum Gasteiger partial charge on any atom is 0.295 e. The molecule has 0 heterocycles. The Labute approximate surface area is 114 Å². The highest BCUT2D eigenvalue weighted by Crippen LogP contribution is 2.34. The maximum absolute atomic E-state index is 11.3. The van der Waals surface area contributed by atoms with Gasteiger partial charge in [0, 0.05) is 22.1 Å². The molecule has 0 saturated heterocycles. The zero-order chi connectivity index (χ0) is 15.3. The van der Waals surface area contributed by atoms with Crippen LogP contribution in [0.5, 0.6) is 0 Å². The first-order valence-electron chi connectivity index (χ1n) is 5.08. The molecule has 0 radical (unpaired) electrons. The van der Waals surface area contributed by atoms with Gasteiger partial charge >= 0.3 is 0 Å². The number of fused-ring (bicyclic) bond motifs is 1. The number of anilines is 2. The van der Waals surface area contributed by atoms with Crippen LogP contribution < -0.4 is 11.5 Å². The predicted octanol–water partition coefficient (Wildman–Crippen LogP) is 0.498. The van der Waals surface area contributed by atoms with Gasteiger partial charge in [-0.3, -0.25) is 9.11 Å². The first kappa shape index (κ1) is 14.5. The molecule has 0 aliphatic carbocycles. The molecule has 0 unspecified atom stereocenters. The summed E-state index contributed by atoms with van der Waals surface area (Å²) in [5, 5.41) is -0.419. The number of benzene rings is 2. The van der Waals surface area contributed by atoms with Gasteiger partial charge in [-0.15, -0.1) is 0 Å². The van der Waals surface area contributed by atoms with Crippen LogP contribution in [0, 0.1) is 0 Å². The average molecular weight is 318 g/mol. The van der Waals surface area contributed by atoms with Crippen LogP contribution in [-0.4, -0.2) is 25.9 Å². The van der Waals surface area contributed by atoms with Crippen molar-refractivity contribution in [2.45, 2.75) is 9.79 Å². The number of hydrogen-bond donors (Lipinski definition) is 4. The highest BCUT2D eigenvalue weighted by molar-refractivity contribution is 7.86. The molecular weight excluding hydrogens is 308 g/mol. The summed E-state index contributed by atoms with van der Waals surface area (Å²) in [7, 11) is -9.29. The largest absolute Gasteiger partial charge is 0.399 e. The van der Waals surface area contributed by atoms with Gasteiger partial charge in [0.1, 0.15) is 9.79 Å². The summed E-state index contributed by atoms with van der Waals surface area (Å²) in [4.78, 5) is -1.19. The summed E-state index contributed by atoms with van der Waals surface area (Å²) in [6.07, 6.45) is 0. The molecule has 0 amide bonds. The number of hydrogen-bond acceptors (Lipinski definition) is 6. The molecule has 6 N–H and O–H groups in total. The van der Waals surface area contributed by atoms with Crippen LogP contribution in [0.1, 0.15) is 0 Å². The van der Waals surface area contributed by atoms with Gasteiger partial charge in [0.15, 0.2) is 0 Å². The molecule has 0 aliphatic rings. The molecule has 8 nitrogen and oxygen atoms in total. The minimum Gasteiger partial charge on any atom is -0.399 e. The summed E-state index contributed by atoms with van der Waals surface area (Å²) < 4.78 is 63.6. The number of rotatable bonds is 2. The van der Waals surface area contributed by atoms with Crippen LogP contribution in [-0.2, 0) is 20.2 Å². The number of nitrogen functional groups attached to an aromatic ring is 2. The van der Waals surface area contributed by atoms with Gasteiger partial charge in [-0.05, 0) is 24.3 Å². The summed E-state index contributed by atoms with van der Waals surface area (Å²) in [6, 6.07) is 4.21. The highest BCUT2D eigenvalue weighted by atomic mass is 32.2. The highest BCUT2D eigenvalue weighted by Gasteiger charge is 2.22. The van der Waals surface area contributed by atoms with E-state index >= 15 is 0 Å². The zero-order valence-corrected chi connectivity index (χ0v) is 11.4. The fourth-order valence-electron chi connectivity index (χ4n) is 1.90.